The van der Waals surface area contributed by atoms with E-state index in [0.717, 1.165) is 11.3 Å². The Morgan fingerprint density at radius 1 is 1.25 bits per heavy atom. The first-order chi connectivity index (χ1) is 7.66. The zero-order chi connectivity index (χ0) is 11.3. The van der Waals surface area contributed by atoms with Crippen molar-refractivity contribution >= 4 is 5.65 Å². The van der Waals surface area contributed by atoms with Crippen LogP contribution in [0.2, 0.25) is 0 Å². The maximum atomic E-state index is 13.3. The first kappa shape index (κ1) is 9.82. The molecule has 0 spiro atoms. The standard InChI is InChI=1S/C13H15FN2/c1-8-3-4-9(2)13-12(8)15-11-6-5-10(14)7-16(11)13/h5-9H,3-4H2,1-2H3. The van der Waals surface area contributed by atoms with Gasteiger partial charge in [-0.3, -0.25) is 0 Å². The molecule has 0 bridgehead atoms. The second kappa shape index (κ2) is 3.30. The van der Waals surface area contributed by atoms with E-state index in [-0.39, 0.29) is 5.82 Å². The minimum atomic E-state index is -0.196. The van der Waals surface area contributed by atoms with Gasteiger partial charge in [0.15, 0.2) is 0 Å². The predicted octanol–water partition coefficient (Wildman–Crippen LogP) is 3.47. The summed E-state index contributed by atoms with van der Waals surface area (Å²) in [6.07, 6.45) is 3.90. The highest BCUT2D eigenvalue weighted by Gasteiger charge is 2.27. The molecule has 0 saturated heterocycles. The summed E-state index contributed by atoms with van der Waals surface area (Å²) in [7, 11) is 0. The molecular formula is C13H15FN2. The van der Waals surface area contributed by atoms with E-state index in [4.69, 9.17) is 0 Å². The van der Waals surface area contributed by atoms with Crippen LogP contribution in [0.3, 0.4) is 0 Å². The lowest BCUT2D eigenvalue weighted by molar-refractivity contribution is 0.507. The van der Waals surface area contributed by atoms with Crippen molar-refractivity contribution in [2.45, 2.75) is 38.5 Å². The minimum absolute atomic E-state index is 0.196. The number of pyridine rings is 1. The SMILES string of the molecule is CC1CCC(C)c2c1nc1ccc(F)cn21. The van der Waals surface area contributed by atoms with E-state index in [2.05, 4.69) is 18.8 Å². The number of nitrogens with zero attached hydrogens (tertiary/aromatic N) is 2. The fraction of sp³-hybridized carbons (Fsp3) is 0.462. The number of aromatic nitrogens is 2. The average Bonchev–Trinajstić information content (AvgIpc) is 2.63. The van der Waals surface area contributed by atoms with Gasteiger partial charge in [-0.25, -0.2) is 9.37 Å². The zero-order valence-electron chi connectivity index (χ0n) is 9.57. The quantitative estimate of drug-likeness (QED) is 0.661. The normalized spacial score (nSPS) is 24.7. The van der Waals surface area contributed by atoms with E-state index in [0.29, 0.717) is 11.8 Å². The summed E-state index contributed by atoms with van der Waals surface area (Å²) in [5.41, 5.74) is 3.23. The Kier molecular flexibility index (Phi) is 2.03. The van der Waals surface area contributed by atoms with Gasteiger partial charge in [-0.2, -0.15) is 0 Å². The summed E-state index contributed by atoms with van der Waals surface area (Å²) >= 11 is 0. The number of hydrogen-bond acceptors (Lipinski definition) is 1. The van der Waals surface area contributed by atoms with Crippen LogP contribution in [0.4, 0.5) is 4.39 Å². The number of imidazole rings is 1. The van der Waals surface area contributed by atoms with Crippen LogP contribution in [0.1, 0.15) is 49.9 Å². The highest BCUT2D eigenvalue weighted by atomic mass is 19.1. The summed E-state index contributed by atoms with van der Waals surface area (Å²) in [5.74, 6) is 0.773. The molecule has 3 heteroatoms. The van der Waals surface area contributed by atoms with Crippen LogP contribution in [0.15, 0.2) is 18.3 Å². The average molecular weight is 218 g/mol. The maximum absolute atomic E-state index is 13.3. The van der Waals surface area contributed by atoms with Gasteiger partial charge in [0.25, 0.3) is 0 Å². The van der Waals surface area contributed by atoms with E-state index in [1.54, 1.807) is 12.3 Å². The Morgan fingerprint density at radius 2 is 2.00 bits per heavy atom. The van der Waals surface area contributed by atoms with E-state index < -0.39 is 0 Å². The van der Waals surface area contributed by atoms with Crippen LogP contribution < -0.4 is 0 Å². The van der Waals surface area contributed by atoms with Gasteiger partial charge < -0.3 is 4.40 Å². The van der Waals surface area contributed by atoms with Crippen molar-refractivity contribution in [3.8, 4) is 0 Å². The topological polar surface area (TPSA) is 17.3 Å². The largest absolute Gasteiger partial charge is 0.301 e. The highest BCUT2D eigenvalue weighted by molar-refractivity contribution is 5.46. The molecular weight excluding hydrogens is 203 g/mol. The third kappa shape index (κ3) is 1.27. The molecule has 16 heavy (non-hydrogen) atoms. The van der Waals surface area contributed by atoms with Crippen LogP contribution in [0, 0.1) is 5.82 Å². The van der Waals surface area contributed by atoms with Crippen molar-refractivity contribution in [3.05, 3.63) is 35.5 Å². The molecule has 2 heterocycles. The molecule has 0 fully saturated rings. The molecule has 0 aromatic carbocycles. The van der Waals surface area contributed by atoms with Gasteiger partial charge >= 0.3 is 0 Å². The van der Waals surface area contributed by atoms with Crippen molar-refractivity contribution in [1.82, 2.24) is 9.38 Å². The molecule has 84 valence electrons. The second-order valence-corrected chi connectivity index (χ2v) is 4.84. The highest BCUT2D eigenvalue weighted by Crippen LogP contribution is 2.38. The summed E-state index contributed by atoms with van der Waals surface area (Å²) in [5, 5.41) is 0. The molecule has 1 aliphatic carbocycles. The molecule has 0 saturated carbocycles. The van der Waals surface area contributed by atoms with E-state index in [1.165, 1.54) is 24.6 Å². The van der Waals surface area contributed by atoms with Gasteiger partial charge in [0.2, 0.25) is 0 Å². The fourth-order valence-electron chi connectivity index (χ4n) is 2.68. The molecule has 0 radical (unpaired) electrons. The van der Waals surface area contributed by atoms with Crippen LogP contribution in [0.5, 0.6) is 0 Å². The predicted molar refractivity (Wildman–Crippen MR) is 61.2 cm³/mol. The summed E-state index contributed by atoms with van der Waals surface area (Å²) in [6, 6.07) is 3.23. The molecule has 0 aliphatic heterocycles. The lowest BCUT2D eigenvalue weighted by atomic mass is 9.85. The first-order valence-electron chi connectivity index (χ1n) is 5.84. The lowest BCUT2D eigenvalue weighted by Crippen LogP contribution is -2.11. The molecule has 2 atom stereocenters. The molecule has 2 aromatic heterocycles. The molecule has 0 amide bonds. The van der Waals surface area contributed by atoms with Crippen molar-refractivity contribution < 1.29 is 4.39 Å². The van der Waals surface area contributed by atoms with Gasteiger partial charge in [0, 0.05) is 17.8 Å². The van der Waals surface area contributed by atoms with Crippen LogP contribution in [-0.4, -0.2) is 9.38 Å². The third-order valence-electron chi connectivity index (χ3n) is 3.61. The van der Waals surface area contributed by atoms with Crippen LogP contribution >= 0.6 is 0 Å². The number of rotatable bonds is 0. The van der Waals surface area contributed by atoms with Gasteiger partial charge in [-0.05, 0) is 30.9 Å². The molecule has 0 N–H and O–H groups in total. The third-order valence-corrected chi connectivity index (χ3v) is 3.61. The Labute approximate surface area is 94.1 Å². The summed E-state index contributed by atoms with van der Waals surface area (Å²) < 4.78 is 15.2. The van der Waals surface area contributed by atoms with Gasteiger partial charge in [0.1, 0.15) is 11.5 Å². The Balaban J connectivity index is 2.33. The van der Waals surface area contributed by atoms with Crippen molar-refractivity contribution in [3.63, 3.8) is 0 Å². The molecule has 2 aromatic rings. The number of halogens is 1. The van der Waals surface area contributed by atoms with Crippen molar-refractivity contribution in [2.75, 3.05) is 0 Å². The van der Waals surface area contributed by atoms with Gasteiger partial charge in [-0.15, -0.1) is 0 Å². The molecule has 2 unspecified atom stereocenters. The van der Waals surface area contributed by atoms with Crippen LogP contribution in [0.25, 0.3) is 5.65 Å². The number of hydrogen-bond donors (Lipinski definition) is 0. The second-order valence-electron chi connectivity index (χ2n) is 4.84. The monoisotopic (exact) mass is 218 g/mol. The van der Waals surface area contributed by atoms with Crippen molar-refractivity contribution in [2.24, 2.45) is 0 Å². The Morgan fingerprint density at radius 3 is 2.81 bits per heavy atom. The molecule has 1 aliphatic rings. The van der Waals surface area contributed by atoms with Gasteiger partial charge in [0.05, 0.1) is 5.69 Å². The van der Waals surface area contributed by atoms with E-state index >= 15 is 0 Å². The Bertz CT molecular complexity index is 544. The zero-order valence-corrected chi connectivity index (χ0v) is 9.57. The summed E-state index contributed by atoms with van der Waals surface area (Å²) in [6.45, 7) is 4.40. The molecule has 3 rings (SSSR count). The summed E-state index contributed by atoms with van der Waals surface area (Å²) in [4.78, 5) is 4.62. The fourth-order valence-corrected chi connectivity index (χ4v) is 2.68. The Hall–Kier alpha value is -1.38. The number of fused-ring (bicyclic) bond motifs is 3. The lowest BCUT2D eigenvalue weighted by Gasteiger charge is -2.23. The minimum Gasteiger partial charge on any atom is -0.301 e. The van der Waals surface area contributed by atoms with E-state index in [1.807, 2.05) is 4.40 Å². The van der Waals surface area contributed by atoms with Gasteiger partial charge in [-0.1, -0.05) is 13.8 Å². The van der Waals surface area contributed by atoms with E-state index in [9.17, 15) is 4.39 Å². The first-order valence-corrected chi connectivity index (χ1v) is 5.84. The maximum Gasteiger partial charge on any atom is 0.139 e. The van der Waals surface area contributed by atoms with Crippen LogP contribution in [-0.2, 0) is 0 Å². The smallest absolute Gasteiger partial charge is 0.139 e. The van der Waals surface area contributed by atoms with Crippen molar-refractivity contribution in [1.29, 1.82) is 0 Å². The molecule has 2 nitrogen and oxygen atoms in total.